The molecule has 0 aliphatic heterocycles. The van der Waals surface area contributed by atoms with Gasteiger partial charge in [-0.25, -0.2) is 9.18 Å². The first-order valence-corrected chi connectivity index (χ1v) is 3.70. The van der Waals surface area contributed by atoms with Crippen LogP contribution in [0.5, 0.6) is 0 Å². The first-order chi connectivity index (χ1) is 5.08. The van der Waals surface area contributed by atoms with E-state index >= 15 is 0 Å². The van der Waals surface area contributed by atoms with E-state index < -0.39 is 11.6 Å². The van der Waals surface area contributed by atoms with Crippen molar-refractivity contribution < 1.29 is 13.9 Å². The number of esters is 1. The fraction of sp³-hybridized carbons (Fsp3) is 0.857. The molecule has 64 valence electrons. The molecule has 0 radical (unpaired) electrons. The molecule has 0 aromatic carbocycles. The molecular weight excluding hydrogens is 149 g/mol. The van der Waals surface area contributed by atoms with E-state index in [0.29, 0.717) is 0 Å². The van der Waals surface area contributed by atoms with Gasteiger partial charge in [0.1, 0.15) is 0 Å². The van der Waals surface area contributed by atoms with Crippen LogP contribution in [0, 0.1) is 0 Å². The Hall–Kier alpha value is -0.640. The van der Waals surface area contributed by atoms with Gasteiger partial charge in [0.2, 0.25) is 5.67 Å². The maximum Gasteiger partial charge on any atom is 0.343 e. The van der Waals surface area contributed by atoms with Crippen LogP contribution in [-0.4, -0.2) is 24.3 Å². The zero-order valence-corrected chi connectivity index (χ0v) is 6.47. The normalized spacial score (nSPS) is 36.1. The van der Waals surface area contributed by atoms with E-state index in [4.69, 9.17) is 5.73 Å². The van der Waals surface area contributed by atoms with Crippen molar-refractivity contribution in [3.63, 3.8) is 0 Å². The number of hydrogen-bond acceptors (Lipinski definition) is 3. The SMILES string of the molecule is CCOC(=O)C1(F)CC(N)C1. The molecule has 0 atom stereocenters. The highest BCUT2D eigenvalue weighted by Crippen LogP contribution is 2.35. The highest BCUT2D eigenvalue weighted by Gasteiger charge is 2.50. The van der Waals surface area contributed by atoms with E-state index in [-0.39, 0.29) is 25.5 Å². The number of nitrogens with two attached hydrogens (primary N) is 1. The van der Waals surface area contributed by atoms with E-state index in [1.54, 1.807) is 6.92 Å². The van der Waals surface area contributed by atoms with Crippen molar-refractivity contribution in [1.82, 2.24) is 0 Å². The summed E-state index contributed by atoms with van der Waals surface area (Å²) in [4.78, 5) is 10.8. The summed E-state index contributed by atoms with van der Waals surface area (Å²) in [5.74, 6) is -0.762. The number of hydrogen-bond donors (Lipinski definition) is 1. The highest BCUT2D eigenvalue weighted by molar-refractivity contribution is 5.80. The smallest absolute Gasteiger partial charge is 0.343 e. The number of alkyl halides is 1. The van der Waals surface area contributed by atoms with E-state index in [1.165, 1.54) is 0 Å². The predicted molar refractivity (Wildman–Crippen MR) is 37.7 cm³/mol. The zero-order valence-electron chi connectivity index (χ0n) is 6.47. The van der Waals surface area contributed by atoms with Gasteiger partial charge in [0.25, 0.3) is 0 Å². The summed E-state index contributed by atoms with van der Waals surface area (Å²) in [5, 5.41) is 0. The first-order valence-electron chi connectivity index (χ1n) is 3.70. The second-order valence-corrected chi connectivity index (χ2v) is 2.85. The fourth-order valence-electron chi connectivity index (χ4n) is 1.20. The van der Waals surface area contributed by atoms with Gasteiger partial charge in [0.15, 0.2) is 0 Å². The Morgan fingerprint density at radius 1 is 1.82 bits per heavy atom. The van der Waals surface area contributed by atoms with E-state index in [1.807, 2.05) is 0 Å². The Labute approximate surface area is 64.7 Å². The molecule has 0 amide bonds. The van der Waals surface area contributed by atoms with E-state index in [9.17, 15) is 9.18 Å². The van der Waals surface area contributed by atoms with Crippen molar-refractivity contribution in [3.05, 3.63) is 0 Å². The molecule has 0 aromatic rings. The van der Waals surface area contributed by atoms with Crippen LogP contribution >= 0.6 is 0 Å². The van der Waals surface area contributed by atoms with Crippen molar-refractivity contribution in [2.24, 2.45) is 5.73 Å². The topological polar surface area (TPSA) is 52.3 Å². The third-order valence-corrected chi connectivity index (χ3v) is 1.81. The third-order valence-electron chi connectivity index (χ3n) is 1.81. The van der Waals surface area contributed by atoms with Crippen LogP contribution in [0.15, 0.2) is 0 Å². The van der Waals surface area contributed by atoms with Gasteiger partial charge < -0.3 is 10.5 Å². The van der Waals surface area contributed by atoms with Crippen molar-refractivity contribution >= 4 is 5.97 Å². The minimum absolute atomic E-state index is 0.103. The van der Waals surface area contributed by atoms with Crippen LogP contribution in [0.2, 0.25) is 0 Å². The number of rotatable bonds is 2. The lowest BCUT2D eigenvalue weighted by Gasteiger charge is -2.36. The monoisotopic (exact) mass is 161 g/mol. The maximum absolute atomic E-state index is 13.2. The number of carbonyl (C=O) groups is 1. The molecule has 0 saturated heterocycles. The molecule has 0 bridgehead atoms. The molecule has 1 saturated carbocycles. The van der Waals surface area contributed by atoms with E-state index in [0.717, 1.165) is 0 Å². The molecule has 0 unspecified atom stereocenters. The number of ether oxygens (including phenoxy) is 1. The Balaban J connectivity index is 2.41. The Kier molecular flexibility index (Phi) is 2.13. The molecule has 3 nitrogen and oxygen atoms in total. The van der Waals surface area contributed by atoms with Gasteiger partial charge in [0.05, 0.1) is 6.61 Å². The van der Waals surface area contributed by atoms with Crippen LogP contribution in [-0.2, 0) is 9.53 Å². The lowest BCUT2D eigenvalue weighted by molar-refractivity contribution is -0.164. The van der Waals surface area contributed by atoms with Crippen LogP contribution in [0.1, 0.15) is 19.8 Å². The second kappa shape index (κ2) is 2.77. The van der Waals surface area contributed by atoms with Crippen LogP contribution in [0.25, 0.3) is 0 Å². The minimum Gasteiger partial charge on any atom is -0.464 e. The van der Waals surface area contributed by atoms with E-state index in [2.05, 4.69) is 4.74 Å². The highest BCUT2D eigenvalue weighted by atomic mass is 19.1. The summed E-state index contributed by atoms with van der Waals surface area (Å²) in [6, 6.07) is -0.176. The fourth-order valence-corrected chi connectivity index (χ4v) is 1.20. The van der Waals surface area contributed by atoms with Gasteiger partial charge in [-0.05, 0) is 6.92 Å². The molecule has 1 aliphatic carbocycles. The van der Waals surface area contributed by atoms with Gasteiger partial charge in [-0.15, -0.1) is 0 Å². The van der Waals surface area contributed by atoms with Crippen molar-refractivity contribution in [2.45, 2.75) is 31.5 Å². The van der Waals surface area contributed by atoms with Gasteiger partial charge in [-0.2, -0.15) is 0 Å². The van der Waals surface area contributed by atoms with Crippen LogP contribution < -0.4 is 5.73 Å². The molecule has 1 rings (SSSR count). The van der Waals surface area contributed by atoms with Gasteiger partial charge in [-0.3, -0.25) is 0 Å². The number of carbonyl (C=O) groups excluding carboxylic acids is 1. The predicted octanol–water partition coefficient (Wildman–Crippen LogP) is 0.379. The molecular formula is C7H12FNO2. The molecule has 0 spiro atoms. The largest absolute Gasteiger partial charge is 0.464 e. The lowest BCUT2D eigenvalue weighted by atomic mass is 9.78. The third kappa shape index (κ3) is 1.50. The average molecular weight is 161 g/mol. The second-order valence-electron chi connectivity index (χ2n) is 2.85. The maximum atomic E-state index is 13.2. The summed E-state index contributed by atoms with van der Waals surface area (Å²) in [6.07, 6.45) is 0.206. The molecule has 2 N–H and O–H groups in total. The molecule has 0 aromatic heterocycles. The van der Waals surface area contributed by atoms with Crippen LogP contribution in [0.4, 0.5) is 4.39 Å². The molecule has 0 heterocycles. The average Bonchev–Trinajstić information content (AvgIpc) is 1.85. The Morgan fingerprint density at radius 3 is 2.73 bits per heavy atom. The Bertz CT molecular complexity index is 166. The van der Waals surface area contributed by atoms with Crippen LogP contribution in [0.3, 0.4) is 0 Å². The zero-order chi connectivity index (χ0) is 8.48. The summed E-state index contributed by atoms with van der Waals surface area (Å²) < 4.78 is 17.7. The first kappa shape index (κ1) is 8.46. The van der Waals surface area contributed by atoms with Gasteiger partial charge >= 0.3 is 5.97 Å². The standard InChI is InChI=1S/C7H12FNO2/c1-2-11-6(10)7(8)3-5(9)4-7/h5H,2-4,9H2,1H3. The number of halogens is 1. The molecule has 1 fully saturated rings. The quantitative estimate of drug-likeness (QED) is 0.595. The minimum atomic E-state index is -1.78. The molecule has 11 heavy (non-hydrogen) atoms. The summed E-state index contributed by atoms with van der Waals surface area (Å²) >= 11 is 0. The van der Waals surface area contributed by atoms with Gasteiger partial charge in [0, 0.05) is 18.9 Å². The summed E-state index contributed by atoms with van der Waals surface area (Å²) in [6.45, 7) is 1.87. The molecule has 1 aliphatic rings. The molecule has 4 heteroatoms. The Morgan fingerprint density at radius 2 is 2.36 bits per heavy atom. The lowest BCUT2D eigenvalue weighted by Crippen LogP contribution is -2.54. The van der Waals surface area contributed by atoms with Crippen molar-refractivity contribution in [2.75, 3.05) is 6.61 Å². The summed E-state index contributed by atoms with van der Waals surface area (Å²) in [7, 11) is 0. The van der Waals surface area contributed by atoms with Crippen molar-refractivity contribution in [3.8, 4) is 0 Å². The van der Waals surface area contributed by atoms with Crippen molar-refractivity contribution in [1.29, 1.82) is 0 Å². The van der Waals surface area contributed by atoms with Gasteiger partial charge in [-0.1, -0.05) is 0 Å². The summed E-state index contributed by atoms with van der Waals surface area (Å²) in [5.41, 5.74) is 3.56.